The second-order valence-electron chi connectivity index (χ2n) is 6.32. The van der Waals surface area contributed by atoms with Crippen molar-refractivity contribution < 1.29 is 4.74 Å². The molecule has 0 amide bonds. The predicted molar refractivity (Wildman–Crippen MR) is 82.9 cm³/mol. The fourth-order valence-electron chi connectivity index (χ4n) is 3.01. The third kappa shape index (κ3) is 2.95. The summed E-state index contributed by atoms with van der Waals surface area (Å²) in [5, 5.41) is 8.31. The van der Waals surface area contributed by atoms with Gasteiger partial charge in [-0.1, -0.05) is 6.92 Å². The summed E-state index contributed by atoms with van der Waals surface area (Å²) in [6.07, 6.45) is 5.83. The van der Waals surface area contributed by atoms with E-state index in [2.05, 4.69) is 40.3 Å². The van der Waals surface area contributed by atoms with Crippen LogP contribution < -0.4 is 5.32 Å². The quantitative estimate of drug-likeness (QED) is 0.863. The van der Waals surface area contributed by atoms with Gasteiger partial charge in [-0.25, -0.2) is 0 Å². The van der Waals surface area contributed by atoms with Crippen LogP contribution in [0.5, 0.6) is 0 Å². The number of hydrogen-bond donors (Lipinski definition) is 1. The van der Waals surface area contributed by atoms with Crippen molar-refractivity contribution in [3.63, 3.8) is 0 Å². The van der Waals surface area contributed by atoms with Crippen molar-refractivity contribution in [2.45, 2.75) is 45.1 Å². The van der Waals surface area contributed by atoms with Gasteiger partial charge in [0.15, 0.2) is 0 Å². The first kappa shape index (κ1) is 14.5. The second-order valence-corrected chi connectivity index (χ2v) is 7.11. The van der Waals surface area contributed by atoms with E-state index >= 15 is 0 Å². The smallest absolute Gasteiger partial charge is 0.0766 e. The first-order valence-corrected chi connectivity index (χ1v) is 8.44. The number of ether oxygens (including phenoxy) is 1. The zero-order valence-corrected chi connectivity index (χ0v) is 14.0. The van der Waals surface area contributed by atoms with Crippen LogP contribution in [0.1, 0.15) is 37.6 Å². The Morgan fingerprint density at radius 3 is 2.85 bits per heavy atom. The van der Waals surface area contributed by atoms with Crippen molar-refractivity contribution in [3.8, 4) is 0 Å². The molecule has 3 rings (SSSR count). The molecule has 2 aliphatic rings. The molecule has 0 aromatic carbocycles. The number of aryl methyl sites for hydroxylation is 2. The Morgan fingerprint density at radius 1 is 1.50 bits per heavy atom. The van der Waals surface area contributed by atoms with Crippen molar-refractivity contribution in [1.29, 1.82) is 0 Å². The van der Waals surface area contributed by atoms with Gasteiger partial charge in [0, 0.05) is 31.7 Å². The predicted octanol–water partition coefficient (Wildman–Crippen LogP) is 2.45. The van der Waals surface area contributed by atoms with E-state index in [-0.39, 0.29) is 5.41 Å². The van der Waals surface area contributed by atoms with E-state index in [4.69, 9.17) is 4.74 Å². The average Bonchev–Trinajstić information content (AvgIpc) is 3.11. The summed E-state index contributed by atoms with van der Waals surface area (Å²) in [4.78, 5) is 0. The molecule has 2 heterocycles. The fraction of sp³-hybridized carbons (Fsp3) is 0.800. The third-order valence-corrected chi connectivity index (χ3v) is 5.49. The normalized spacial score (nSPS) is 26.4. The van der Waals surface area contributed by atoms with Gasteiger partial charge in [-0.05, 0) is 48.0 Å². The van der Waals surface area contributed by atoms with Gasteiger partial charge in [0.1, 0.15) is 0 Å². The van der Waals surface area contributed by atoms with Crippen LogP contribution in [0.3, 0.4) is 0 Å². The molecule has 5 heteroatoms. The average molecular weight is 342 g/mol. The molecule has 0 bridgehead atoms. The summed E-state index contributed by atoms with van der Waals surface area (Å²) in [6.45, 7) is 4.98. The van der Waals surface area contributed by atoms with E-state index in [1.807, 2.05) is 4.68 Å². The molecule has 1 saturated heterocycles. The van der Waals surface area contributed by atoms with E-state index in [0.29, 0.717) is 0 Å². The Kier molecular flexibility index (Phi) is 4.20. The number of halogens is 1. The van der Waals surface area contributed by atoms with Crippen molar-refractivity contribution in [1.82, 2.24) is 15.1 Å². The number of hydrogen-bond acceptors (Lipinski definition) is 3. The van der Waals surface area contributed by atoms with Crippen LogP contribution in [0.2, 0.25) is 0 Å². The molecular formula is C15H24BrN3O. The highest BCUT2D eigenvalue weighted by molar-refractivity contribution is 9.10. The molecule has 1 N–H and O–H groups in total. The molecule has 1 unspecified atom stereocenters. The van der Waals surface area contributed by atoms with Crippen molar-refractivity contribution >= 4 is 15.9 Å². The Morgan fingerprint density at radius 2 is 2.30 bits per heavy atom. The maximum absolute atomic E-state index is 5.71. The maximum atomic E-state index is 5.71. The van der Waals surface area contributed by atoms with Crippen molar-refractivity contribution in [2.24, 2.45) is 12.5 Å². The zero-order chi connectivity index (χ0) is 14.2. The van der Waals surface area contributed by atoms with Crippen LogP contribution in [-0.4, -0.2) is 35.6 Å². The molecule has 20 heavy (non-hydrogen) atoms. The number of aromatic nitrogens is 2. The lowest BCUT2D eigenvalue weighted by Gasteiger charge is -2.28. The van der Waals surface area contributed by atoms with Gasteiger partial charge >= 0.3 is 0 Å². The molecule has 1 saturated carbocycles. The van der Waals surface area contributed by atoms with Gasteiger partial charge in [0.2, 0.25) is 0 Å². The van der Waals surface area contributed by atoms with Crippen LogP contribution in [0.4, 0.5) is 0 Å². The van der Waals surface area contributed by atoms with Gasteiger partial charge < -0.3 is 10.1 Å². The monoisotopic (exact) mass is 341 g/mol. The zero-order valence-electron chi connectivity index (χ0n) is 12.4. The van der Waals surface area contributed by atoms with Gasteiger partial charge in [0.25, 0.3) is 0 Å². The molecule has 2 fully saturated rings. The van der Waals surface area contributed by atoms with Gasteiger partial charge in [-0.15, -0.1) is 0 Å². The minimum Gasteiger partial charge on any atom is -0.381 e. The Labute approximate surface area is 129 Å². The Bertz CT molecular complexity index is 476. The first-order valence-electron chi connectivity index (χ1n) is 7.65. The summed E-state index contributed by atoms with van der Waals surface area (Å²) in [5.41, 5.74) is 2.71. The molecule has 1 aliphatic carbocycles. The summed E-state index contributed by atoms with van der Waals surface area (Å²) in [5.74, 6) is 0. The largest absolute Gasteiger partial charge is 0.381 e. The Balaban J connectivity index is 1.76. The molecule has 1 aromatic rings. The highest BCUT2D eigenvalue weighted by Gasteiger charge is 2.38. The SMILES string of the molecule is CCc1nn(C)c(CC2(CNC3CC3)CCOC2)c1Br. The van der Waals surface area contributed by atoms with Crippen LogP contribution in [0, 0.1) is 5.41 Å². The standard InChI is InChI=1S/C15H24BrN3O/c1-3-12-14(16)13(19(2)18-12)8-15(6-7-20-10-15)9-17-11-4-5-11/h11,17H,3-10H2,1-2H3. The number of nitrogens with one attached hydrogen (secondary N) is 1. The minimum atomic E-state index is 0.240. The molecule has 1 atom stereocenters. The van der Waals surface area contributed by atoms with Crippen LogP contribution in [0.15, 0.2) is 4.47 Å². The lowest BCUT2D eigenvalue weighted by molar-refractivity contribution is 0.147. The van der Waals surface area contributed by atoms with E-state index in [1.165, 1.54) is 23.0 Å². The topological polar surface area (TPSA) is 39.1 Å². The third-order valence-electron chi connectivity index (χ3n) is 4.57. The molecule has 1 aromatic heterocycles. The van der Waals surface area contributed by atoms with E-state index in [9.17, 15) is 0 Å². The van der Waals surface area contributed by atoms with E-state index in [0.717, 1.165) is 50.8 Å². The number of rotatable bonds is 6. The van der Waals surface area contributed by atoms with Crippen LogP contribution in [0.25, 0.3) is 0 Å². The van der Waals surface area contributed by atoms with Gasteiger partial charge in [-0.3, -0.25) is 4.68 Å². The molecular weight excluding hydrogens is 318 g/mol. The maximum Gasteiger partial charge on any atom is 0.0766 e. The van der Waals surface area contributed by atoms with Gasteiger partial charge in [-0.2, -0.15) is 5.10 Å². The highest BCUT2D eigenvalue weighted by Crippen LogP contribution is 2.36. The van der Waals surface area contributed by atoms with Crippen molar-refractivity contribution in [3.05, 3.63) is 15.9 Å². The number of nitrogens with zero attached hydrogens (tertiary/aromatic N) is 2. The molecule has 112 valence electrons. The first-order chi connectivity index (χ1) is 9.63. The Hall–Kier alpha value is -0.390. The molecule has 0 radical (unpaired) electrons. The fourth-order valence-corrected chi connectivity index (χ4v) is 3.76. The van der Waals surface area contributed by atoms with E-state index < -0.39 is 0 Å². The lowest BCUT2D eigenvalue weighted by Crippen LogP contribution is -2.38. The molecule has 1 aliphatic heterocycles. The highest BCUT2D eigenvalue weighted by atomic mass is 79.9. The summed E-state index contributed by atoms with van der Waals surface area (Å²) in [7, 11) is 2.05. The summed E-state index contributed by atoms with van der Waals surface area (Å²) in [6, 6.07) is 0.758. The summed E-state index contributed by atoms with van der Waals surface area (Å²) >= 11 is 3.74. The van der Waals surface area contributed by atoms with Crippen LogP contribution in [-0.2, 0) is 24.6 Å². The van der Waals surface area contributed by atoms with E-state index in [1.54, 1.807) is 0 Å². The second kappa shape index (κ2) is 5.78. The summed E-state index contributed by atoms with van der Waals surface area (Å²) < 4.78 is 8.95. The van der Waals surface area contributed by atoms with Gasteiger partial charge in [0.05, 0.1) is 22.5 Å². The van der Waals surface area contributed by atoms with Crippen LogP contribution >= 0.6 is 15.9 Å². The lowest BCUT2D eigenvalue weighted by atomic mass is 9.82. The minimum absolute atomic E-state index is 0.240. The molecule has 0 spiro atoms. The molecule has 4 nitrogen and oxygen atoms in total. The van der Waals surface area contributed by atoms with Crippen molar-refractivity contribution in [2.75, 3.05) is 19.8 Å².